The molecule has 0 aromatic heterocycles. The second kappa shape index (κ2) is 5.49. The number of nitrogens with one attached hydrogen (secondary N) is 1. The molecular weight excluding hydrogens is 244 g/mol. The minimum absolute atomic E-state index is 0.00591. The molecule has 3 rings (SSSR count). The number of hydrogen-bond donors (Lipinski definition) is 1. The van der Waals surface area contributed by atoms with Gasteiger partial charge < -0.3 is 15.0 Å². The first kappa shape index (κ1) is 12.9. The Kier molecular flexibility index (Phi) is 3.73. The molecule has 1 aliphatic carbocycles. The van der Waals surface area contributed by atoms with E-state index < -0.39 is 0 Å². The van der Waals surface area contributed by atoms with Gasteiger partial charge in [-0.1, -0.05) is 0 Å². The van der Waals surface area contributed by atoms with Gasteiger partial charge in [-0.25, -0.2) is 0 Å². The van der Waals surface area contributed by atoms with E-state index in [9.17, 15) is 9.59 Å². The lowest BCUT2D eigenvalue weighted by atomic mass is 10.1. The fourth-order valence-corrected chi connectivity index (χ4v) is 3.05. The molecule has 2 saturated heterocycles. The summed E-state index contributed by atoms with van der Waals surface area (Å²) in [6.45, 7) is 1.79. The van der Waals surface area contributed by atoms with E-state index in [1.54, 1.807) is 4.90 Å². The summed E-state index contributed by atoms with van der Waals surface area (Å²) in [4.78, 5) is 25.6. The van der Waals surface area contributed by atoms with Crippen LogP contribution in [0.3, 0.4) is 0 Å². The maximum Gasteiger partial charge on any atom is 0.245 e. The molecule has 2 heterocycles. The van der Waals surface area contributed by atoms with Gasteiger partial charge in [0.25, 0.3) is 0 Å². The highest BCUT2D eigenvalue weighted by Crippen LogP contribution is 2.34. The molecule has 1 N–H and O–H groups in total. The van der Waals surface area contributed by atoms with Gasteiger partial charge in [-0.3, -0.25) is 9.59 Å². The zero-order valence-electron chi connectivity index (χ0n) is 11.3. The Labute approximate surface area is 113 Å². The van der Waals surface area contributed by atoms with Crippen LogP contribution in [0.15, 0.2) is 0 Å². The van der Waals surface area contributed by atoms with E-state index in [1.807, 2.05) is 0 Å². The van der Waals surface area contributed by atoms with Crippen LogP contribution in [0.25, 0.3) is 0 Å². The number of hydrogen-bond acceptors (Lipinski definition) is 3. The number of nitrogens with zero attached hydrogens (tertiary/aromatic N) is 1. The maximum atomic E-state index is 12.3. The molecule has 0 radical (unpaired) electrons. The van der Waals surface area contributed by atoms with Crippen LogP contribution in [0.5, 0.6) is 0 Å². The smallest absolute Gasteiger partial charge is 0.245 e. The van der Waals surface area contributed by atoms with Crippen molar-refractivity contribution in [2.45, 2.75) is 50.7 Å². The van der Waals surface area contributed by atoms with Gasteiger partial charge in [0, 0.05) is 13.2 Å². The van der Waals surface area contributed by atoms with Gasteiger partial charge in [0.2, 0.25) is 11.8 Å². The van der Waals surface area contributed by atoms with E-state index >= 15 is 0 Å². The zero-order chi connectivity index (χ0) is 13.2. The maximum absolute atomic E-state index is 12.3. The normalized spacial score (nSPS) is 31.7. The summed E-state index contributed by atoms with van der Waals surface area (Å²) in [6.07, 6.45) is 6.73. The second-order valence-electron chi connectivity index (χ2n) is 5.92. The van der Waals surface area contributed by atoms with Crippen LogP contribution < -0.4 is 5.32 Å². The quantitative estimate of drug-likeness (QED) is 0.796. The fraction of sp³-hybridized carbons (Fsp3) is 0.857. The Morgan fingerprint density at radius 3 is 2.79 bits per heavy atom. The van der Waals surface area contributed by atoms with Crippen LogP contribution >= 0.6 is 0 Å². The third kappa shape index (κ3) is 3.08. The predicted molar refractivity (Wildman–Crippen MR) is 69.4 cm³/mol. The average Bonchev–Trinajstić information content (AvgIpc) is 3.10. The van der Waals surface area contributed by atoms with Crippen molar-refractivity contribution in [1.29, 1.82) is 0 Å². The highest BCUT2D eigenvalue weighted by atomic mass is 16.5. The van der Waals surface area contributed by atoms with Crippen molar-refractivity contribution in [1.82, 2.24) is 10.2 Å². The van der Waals surface area contributed by atoms with Crippen molar-refractivity contribution in [3.8, 4) is 0 Å². The van der Waals surface area contributed by atoms with E-state index in [2.05, 4.69) is 5.32 Å². The summed E-state index contributed by atoms with van der Waals surface area (Å²) in [5, 5.41) is 2.83. The molecule has 19 heavy (non-hydrogen) atoms. The third-order valence-electron chi connectivity index (χ3n) is 4.30. The Morgan fingerprint density at radius 1 is 1.26 bits per heavy atom. The van der Waals surface area contributed by atoms with Gasteiger partial charge in [0.15, 0.2) is 0 Å². The van der Waals surface area contributed by atoms with E-state index in [-0.39, 0.29) is 24.4 Å². The summed E-state index contributed by atoms with van der Waals surface area (Å²) in [6, 6.07) is -0.246. The lowest BCUT2D eigenvalue weighted by Gasteiger charge is -2.32. The third-order valence-corrected chi connectivity index (χ3v) is 4.30. The fourth-order valence-electron chi connectivity index (χ4n) is 3.05. The van der Waals surface area contributed by atoms with Crippen molar-refractivity contribution in [2.75, 3.05) is 19.7 Å². The molecule has 106 valence electrons. The molecule has 3 aliphatic rings. The van der Waals surface area contributed by atoms with Gasteiger partial charge >= 0.3 is 0 Å². The van der Waals surface area contributed by atoms with Gasteiger partial charge in [-0.15, -0.1) is 0 Å². The van der Waals surface area contributed by atoms with Crippen molar-refractivity contribution in [3.63, 3.8) is 0 Å². The summed E-state index contributed by atoms with van der Waals surface area (Å²) >= 11 is 0. The Bertz CT molecular complexity index is 362. The Balaban J connectivity index is 1.48. The largest absolute Gasteiger partial charge is 0.378 e. The Morgan fingerprint density at radius 2 is 2.11 bits per heavy atom. The van der Waals surface area contributed by atoms with Gasteiger partial charge in [-0.2, -0.15) is 0 Å². The number of ether oxygens (including phenoxy) is 1. The van der Waals surface area contributed by atoms with Gasteiger partial charge in [-0.05, 0) is 44.4 Å². The number of piperazine rings is 1. The summed E-state index contributed by atoms with van der Waals surface area (Å²) < 4.78 is 5.58. The molecule has 2 amide bonds. The highest BCUT2D eigenvalue weighted by Gasteiger charge is 2.42. The van der Waals surface area contributed by atoms with E-state index in [0.29, 0.717) is 18.6 Å². The van der Waals surface area contributed by atoms with Crippen LogP contribution in [-0.2, 0) is 14.3 Å². The molecule has 5 nitrogen and oxygen atoms in total. The lowest BCUT2D eigenvalue weighted by molar-refractivity contribution is -0.145. The average molecular weight is 266 g/mol. The molecule has 2 atom stereocenters. The predicted octanol–water partition coefficient (Wildman–Crippen LogP) is 0.683. The van der Waals surface area contributed by atoms with Crippen LogP contribution in [0.1, 0.15) is 38.5 Å². The first-order valence-electron chi connectivity index (χ1n) is 7.44. The molecule has 3 fully saturated rings. The molecular formula is C14H22N2O3. The van der Waals surface area contributed by atoms with Crippen LogP contribution in [0.4, 0.5) is 0 Å². The monoisotopic (exact) mass is 266 g/mol. The number of amides is 2. The van der Waals surface area contributed by atoms with Gasteiger partial charge in [0.1, 0.15) is 6.04 Å². The van der Waals surface area contributed by atoms with E-state index in [4.69, 9.17) is 4.74 Å². The first-order valence-corrected chi connectivity index (χ1v) is 7.44. The molecule has 0 aromatic rings. The molecule has 5 heteroatoms. The lowest BCUT2D eigenvalue weighted by Crippen LogP contribution is -2.59. The van der Waals surface area contributed by atoms with Crippen molar-refractivity contribution in [3.05, 3.63) is 0 Å². The number of rotatable bonds is 5. The zero-order valence-corrected chi connectivity index (χ0v) is 11.3. The highest BCUT2D eigenvalue weighted by molar-refractivity contribution is 5.95. The van der Waals surface area contributed by atoms with E-state index in [0.717, 1.165) is 45.1 Å². The molecule has 0 bridgehead atoms. The first-order chi connectivity index (χ1) is 9.24. The van der Waals surface area contributed by atoms with Crippen LogP contribution in [-0.4, -0.2) is 48.6 Å². The number of carbonyl (C=O) groups is 2. The van der Waals surface area contributed by atoms with Crippen LogP contribution in [0, 0.1) is 5.92 Å². The minimum atomic E-state index is -0.246. The summed E-state index contributed by atoms with van der Waals surface area (Å²) in [7, 11) is 0. The van der Waals surface area contributed by atoms with Crippen molar-refractivity contribution >= 4 is 11.8 Å². The standard InChI is InChI=1S/C14H22N2O3/c17-12-9-16(7-1-3-11-4-2-8-19-11)14(18)13(15-12)10-5-6-10/h10-11,13H,1-9H2,(H,15,17). The Hall–Kier alpha value is -1.10. The summed E-state index contributed by atoms with van der Waals surface area (Å²) in [5.41, 5.74) is 0. The SMILES string of the molecule is O=C1CN(CCCC2CCCO2)C(=O)C(C2CC2)N1. The minimum Gasteiger partial charge on any atom is -0.378 e. The molecule has 2 aliphatic heterocycles. The molecule has 1 saturated carbocycles. The van der Waals surface area contributed by atoms with Crippen molar-refractivity contribution in [2.24, 2.45) is 5.92 Å². The second-order valence-corrected chi connectivity index (χ2v) is 5.92. The number of carbonyl (C=O) groups excluding carboxylic acids is 2. The summed E-state index contributed by atoms with van der Waals surface area (Å²) in [5.74, 6) is 0.500. The van der Waals surface area contributed by atoms with Crippen LogP contribution in [0.2, 0.25) is 0 Å². The molecule has 0 spiro atoms. The molecule has 0 aromatic carbocycles. The van der Waals surface area contributed by atoms with E-state index in [1.165, 1.54) is 0 Å². The van der Waals surface area contributed by atoms with Gasteiger partial charge in [0.05, 0.1) is 12.6 Å². The van der Waals surface area contributed by atoms with Crippen molar-refractivity contribution < 1.29 is 14.3 Å². The molecule has 2 unspecified atom stereocenters. The topological polar surface area (TPSA) is 58.6 Å².